The average Bonchev–Trinajstić information content (AvgIpc) is 2.34. The molecular weight excluding hydrogens is 258 g/mol. The van der Waals surface area contributed by atoms with Crippen LogP contribution >= 0.6 is 0 Å². The van der Waals surface area contributed by atoms with Gasteiger partial charge in [0.1, 0.15) is 6.10 Å². The second-order valence-corrected chi connectivity index (χ2v) is 5.51. The quantitative estimate of drug-likeness (QED) is 0.672. The van der Waals surface area contributed by atoms with E-state index in [9.17, 15) is 4.79 Å². The van der Waals surface area contributed by atoms with Crippen LogP contribution in [-0.4, -0.2) is 55.1 Å². The maximum atomic E-state index is 11.8. The van der Waals surface area contributed by atoms with Gasteiger partial charge in [-0.15, -0.1) is 0 Å². The van der Waals surface area contributed by atoms with Crippen LogP contribution in [0.1, 0.15) is 47.5 Å². The largest absolute Gasteiger partial charge is 0.462 e. The van der Waals surface area contributed by atoms with Gasteiger partial charge in [-0.25, -0.2) is 0 Å². The zero-order valence-electron chi connectivity index (χ0n) is 13.4. The highest BCUT2D eigenvalue weighted by molar-refractivity contribution is 5.71. The van der Waals surface area contributed by atoms with Gasteiger partial charge in [0.05, 0.1) is 18.8 Å². The van der Waals surface area contributed by atoms with Crippen molar-refractivity contribution in [2.45, 2.75) is 72.1 Å². The van der Waals surface area contributed by atoms with Crippen LogP contribution in [0, 0.1) is 0 Å². The molecule has 0 radical (unpaired) electrons. The molecule has 0 aromatic carbocycles. The van der Waals surface area contributed by atoms with Crippen LogP contribution in [-0.2, 0) is 19.0 Å². The van der Waals surface area contributed by atoms with Gasteiger partial charge < -0.3 is 14.2 Å². The summed E-state index contributed by atoms with van der Waals surface area (Å²) < 4.78 is 16.7. The van der Waals surface area contributed by atoms with E-state index < -0.39 is 0 Å². The fourth-order valence-corrected chi connectivity index (χ4v) is 2.57. The van der Waals surface area contributed by atoms with E-state index in [2.05, 4.69) is 0 Å². The lowest BCUT2D eigenvalue weighted by Crippen LogP contribution is -2.38. The van der Waals surface area contributed by atoms with Crippen LogP contribution in [0.4, 0.5) is 0 Å². The van der Waals surface area contributed by atoms with Gasteiger partial charge in [0.25, 0.3) is 0 Å². The van der Waals surface area contributed by atoms with Crippen LogP contribution in [0.5, 0.6) is 0 Å². The summed E-state index contributed by atoms with van der Waals surface area (Å²) in [5.74, 6) is -0.158. The summed E-state index contributed by atoms with van der Waals surface area (Å²) in [7, 11) is 0. The van der Waals surface area contributed by atoms with Crippen molar-refractivity contribution in [3.8, 4) is 0 Å². The summed E-state index contributed by atoms with van der Waals surface area (Å²) in [5, 5.41) is 0. The zero-order chi connectivity index (χ0) is 15.1. The van der Waals surface area contributed by atoms with E-state index in [1.165, 1.54) is 0 Å². The lowest BCUT2D eigenvalue weighted by Gasteiger charge is -2.33. The molecule has 0 aromatic rings. The van der Waals surface area contributed by atoms with Crippen molar-refractivity contribution in [2.24, 2.45) is 0 Å². The van der Waals surface area contributed by atoms with Crippen molar-refractivity contribution < 1.29 is 19.0 Å². The molecule has 0 spiro atoms. The third-order valence-electron chi connectivity index (χ3n) is 3.58. The summed E-state index contributed by atoms with van der Waals surface area (Å²) in [6.07, 6.45) is 1.57. The molecule has 1 aliphatic rings. The van der Waals surface area contributed by atoms with Gasteiger partial charge in [-0.1, -0.05) is 13.8 Å². The summed E-state index contributed by atoms with van der Waals surface area (Å²) in [6, 6.07) is 0. The number of hydrogen-bond acceptors (Lipinski definition) is 5. The Bertz CT molecular complexity index is 284. The van der Waals surface area contributed by atoms with E-state index >= 15 is 0 Å². The van der Waals surface area contributed by atoms with Gasteiger partial charge in [-0.3, -0.25) is 9.69 Å². The Hall–Kier alpha value is -0.650. The molecule has 0 amide bonds. The summed E-state index contributed by atoms with van der Waals surface area (Å²) in [6.45, 7) is 12.0. The molecule has 1 rings (SSSR count). The second kappa shape index (κ2) is 8.60. The fourth-order valence-electron chi connectivity index (χ4n) is 2.57. The molecule has 1 heterocycles. The van der Waals surface area contributed by atoms with Gasteiger partial charge in [0.15, 0.2) is 6.29 Å². The zero-order valence-corrected chi connectivity index (χ0v) is 13.4. The highest BCUT2D eigenvalue weighted by atomic mass is 16.7. The SMILES string of the molecule is CCN(CC)CC(=O)OC(C)CC1CC(C)OC(C)O1. The van der Waals surface area contributed by atoms with E-state index in [0.29, 0.717) is 6.54 Å². The molecule has 0 aliphatic carbocycles. The molecular formula is C15H29NO4. The van der Waals surface area contributed by atoms with Gasteiger partial charge in [-0.2, -0.15) is 0 Å². The van der Waals surface area contributed by atoms with Crippen LogP contribution in [0.3, 0.4) is 0 Å². The maximum Gasteiger partial charge on any atom is 0.320 e. The second-order valence-electron chi connectivity index (χ2n) is 5.51. The normalized spacial score (nSPS) is 28.4. The molecule has 118 valence electrons. The Labute approximate surface area is 122 Å². The average molecular weight is 287 g/mol. The molecule has 0 aromatic heterocycles. The summed E-state index contributed by atoms with van der Waals surface area (Å²) >= 11 is 0. The first-order valence-electron chi connectivity index (χ1n) is 7.67. The highest BCUT2D eigenvalue weighted by Crippen LogP contribution is 2.22. The molecule has 0 N–H and O–H groups in total. The summed E-state index contributed by atoms with van der Waals surface area (Å²) in [4.78, 5) is 13.9. The van der Waals surface area contributed by atoms with E-state index in [1.807, 2.05) is 39.5 Å². The molecule has 20 heavy (non-hydrogen) atoms. The predicted octanol–water partition coefficient (Wildman–Crippen LogP) is 2.19. The smallest absolute Gasteiger partial charge is 0.320 e. The third-order valence-corrected chi connectivity index (χ3v) is 3.58. The lowest BCUT2D eigenvalue weighted by atomic mass is 10.1. The molecule has 5 heteroatoms. The predicted molar refractivity (Wildman–Crippen MR) is 77.5 cm³/mol. The van der Waals surface area contributed by atoms with E-state index in [1.54, 1.807) is 0 Å². The van der Waals surface area contributed by atoms with Gasteiger partial charge >= 0.3 is 5.97 Å². The molecule has 5 nitrogen and oxygen atoms in total. The van der Waals surface area contributed by atoms with Crippen LogP contribution in [0.25, 0.3) is 0 Å². The number of esters is 1. The number of nitrogens with zero attached hydrogens (tertiary/aromatic N) is 1. The Morgan fingerprint density at radius 3 is 2.50 bits per heavy atom. The molecule has 4 unspecified atom stereocenters. The fraction of sp³-hybridized carbons (Fsp3) is 0.933. The number of likely N-dealkylation sites (N-methyl/N-ethyl adjacent to an activating group) is 1. The maximum absolute atomic E-state index is 11.8. The molecule has 1 fully saturated rings. The first-order valence-corrected chi connectivity index (χ1v) is 7.67. The molecule has 1 aliphatic heterocycles. The van der Waals surface area contributed by atoms with Gasteiger partial charge in [-0.05, 0) is 40.3 Å². The van der Waals surface area contributed by atoms with Crippen molar-refractivity contribution >= 4 is 5.97 Å². The minimum atomic E-state index is -0.178. The number of ether oxygens (including phenoxy) is 3. The summed E-state index contributed by atoms with van der Waals surface area (Å²) in [5.41, 5.74) is 0. The Morgan fingerprint density at radius 1 is 1.30 bits per heavy atom. The standard InChI is InChI=1S/C15H29NO4/c1-6-16(7-2)10-15(17)19-12(4)9-14-8-11(3)18-13(5)20-14/h11-14H,6-10H2,1-5H3. The van der Waals surface area contributed by atoms with E-state index in [-0.39, 0.29) is 30.6 Å². The minimum Gasteiger partial charge on any atom is -0.462 e. The minimum absolute atomic E-state index is 0.102. The first kappa shape index (κ1) is 17.4. The van der Waals surface area contributed by atoms with Gasteiger partial charge in [0, 0.05) is 6.42 Å². The van der Waals surface area contributed by atoms with E-state index in [0.717, 1.165) is 25.9 Å². The van der Waals surface area contributed by atoms with Crippen molar-refractivity contribution in [2.75, 3.05) is 19.6 Å². The van der Waals surface area contributed by atoms with E-state index in [4.69, 9.17) is 14.2 Å². The Morgan fingerprint density at radius 2 is 1.95 bits per heavy atom. The molecule has 0 saturated carbocycles. The molecule has 4 atom stereocenters. The van der Waals surface area contributed by atoms with Gasteiger partial charge in [0.2, 0.25) is 0 Å². The van der Waals surface area contributed by atoms with Crippen LogP contribution in [0.15, 0.2) is 0 Å². The first-order chi connectivity index (χ1) is 9.44. The number of carbonyl (C=O) groups excluding carboxylic acids is 1. The highest BCUT2D eigenvalue weighted by Gasteiger charge is 2.27. The van der Waals surface area contributed by atoms with Crippen molar-refractivity contribution in [3.63, 3.8) is 0 Å². The Kier molecular flexibility index (Phi) is 7.48. The monoisotopic (exact) mass is 287 g/mol. The van der Waals surface area contributed by atoms with Crippen molar-refractivity contribution in [1.29, 1.82) is 0 Å². The molecule has 0 bridgehead atoms. The number of carbonyl (C=O) groups is 1. The third kappa shape index (κ3) is 6.20. The molecule has 1 saturated heterocycles. The van der Waals surface area contributed by atoms with Crippen LogP contribution in [0.2, 0.25) is 0 Å². The lowest BCUT2D eigenvalue weighted by molar-refractivity contribution is -0.234. The van der Waals surface area contributed by atoms with Crippen LogP contribution < -0.4 is 0 Å². The Balaban J connectivity index is 2.31. The number of hydrogen-bond donors (Lipinski definition) is 0. The topological polar surface area (TPSA) is 48.0 Å². The van der Waals surface area contributed by atoms with Crippen molar-refractivity contribution in [1.82, 2.24) is 4.90 Å². The number of rotatable bonds is 7. The van der Waals surface area contributed by atoms with Crippen molar-refractivity contribution in [3.05, 3.63) is 0 Å².